The molecule has 1 aliphatic rings. The lowest BCUT2D eigenvalue weighted by molar-refractivity contribution is -0.113. The number of piperazine rings is 1. The van der Waals surface area contributed by atoms with Crippen LogP contribution in [0.5, 0.6) is 0 Å². The molecular formula is C27H23Br2N5O3S. The monoisotopic (exact) mass is 655 g/mol. The molecule has 11 heteroatoms. The third kappa shape index (κ3) is 6.28. The molecule has 0 saturated carbocycles. The molecule has 0 bridgehead atoms. The molecule has 8 nitrogen and oxygen atoms in total. The third-order valence-electron chi connectivity index (χ3n) is 6.02. The zero-order chi connectivity index (χ0) is 26.5. The average molecular weight is 657 g/mol. The van der Waals surface area contributed by atoms with Crippen molar-refractivity contribution in [1.82, 2.24) is 15.1 Å². The number of halogens is 2. The van der Waals surface area contributed by atoms with Gasteiger partial charge in [0.25, 0.3) is 11.1 Å². The molecule has 2 amide bonds. The number of nitrogens with zero attached hydrogens (tertiary/aromatic N) is 4. The minimum absolute atomic E-state index is 0.0396. The highest BCUT2D eigenvalue weighted by atomic mass is 79.9. The first-order chi connectivity index (χ1) is 18.5. The van der Waals surface area contributed by atoms with Gasteiger partial charge < -0.3 is 19.5 Å². The summed E-state index contributed by atoms with van der Waals surface area (Å²) in [7, 11) is 0. The van der Waals surface area contributed by atoms with Crippen molar-refractivity contribution in [3.8, 4) is 11.5 Å². The largest absolute Gasteiger partial charge is 0.411 e. The van der Waals surface area contributed by atoms with Crippen molar-refractivity contribution in [3.05, 3.63) is 87.3 Å². The van der Waals surface area contributed by atoms with Crippen LogP contribution in [0, 0.1) is 0 Å². The Balaban J connectivity index is 1.10. The van der Waals surface area contributed by atoms with Gasteiger partial charge in [-0.15, -0.1) is 10.2 Å². The van der Waals surface area contributed by atoms with Gasteiger partial charge in [-0.3, -0.25) is 9.59 Å². The van der Waals surface area contributed by atoms with Gasteiger partial charge in [-0.1, -0.05) is 36.0 Å². The van der Waals surface area contributed by atoms with Crippen LogP contribution in [-0.2, 0) is 4.79 Å². The summed E-state index contributed by atoms with van der Waals surface area (Å²) in [6.45, 7) is 2.78. The standard InChI is InChI=1S/C27H23Br2N5O3S/c28-22-7-3-1-5-20(22)25-31-32-27(37-25)38-17-24(35)30-18-9-11-19(12-10-18)33-13-15-34(16-14-33)26(36)21-6-2-4-8-23(21)29/h1-12H,13-17H2,(H,30,35). The maximum absolute atomic E-state index is 12.9. The van der Waals surface area contributed by atoms with Crippen LogP contribution in [-0.4, -0.2) is 58.8 Å². The molecule has 0 spiro atoms. The van der Waals surface area contributed by atoms with Crippen molar-refractivity contribution >= 4 is 66.8 Å². The molecule has 1 saturated heterocycles. The van der Waals surface area contributed by atoms with E-state index in [0.717, 1.165) is 33.3 Å². The fourth-order valence-electron chi connectivity index (χ4n) is 4.06. The number of hydrogen-bond acceptors (Lipinski definition) is 7. The summed E-state index contributed by atoms with van der Waals surface area (Å²) in [6.07, 6.45) is 0. The third-order valence-corrected chi connectivity index (χ3v) is 8.23. The van der Waals surface area contributed by atoms with Crippen molar-refractivity contribution in [1.29, 1.82) is 0 Å². The summed E-state index contributed by atoms with van der Waals surface area (Å²) in [6, 6.07) is 22.8. The Kier molecular flexibility index (Phi) is 8.45. The smallest absolute Gasteiger partial charge is 0.277 e. The molecule has 1 N–H and O–H groups in total. The first-order valence-electron chi connectivity index (χ1n) is 11.9. The lowest BCUT2D eigenvalue weighted by atomic mass is 10.1. The Bertz CT molecular complexity index is 1440. The lowest BCUT2D eigenvalue weighted by Gasteiger charge is -2.36. The molecule has 0 aliphatic carbocycles. The van der Waals surface area contributed by atoms with Gasteiger partial charge in [0.2, 0.25) is 11.8 Å². The fraction of sp³-hybridized carbons (Fsp3) is 0.185. The van der Waals surface area contributed by atoms with E-state index in [9.17, 15) is 9.59 Å². The van der Waals surface area contributed by atoms with Crippen LogP contribution in [0.15, 0.2) is 91.4 Å². The molecule has 1 fully saturated rings. The minimum atomic E-state index is -0.164. The second-order valence-corrected chi connectivity index (χ2v) is 11.1. The maximum Gasteiger partial charge on any atom is 0.277 e. The molecule has 38 heavy (non-hydrogen) atoms. The van der Waals surface area contributed by atoms with Gasteiger partial charge in [0, 0.05) is 46.5 Å². The van der Waals surface area contributed by atoms with Gasteiger partial charge in [-0.25, -0.2) is 0 Å². The quantitative estimate of drug-likeness (QED) is 0.246. The van der Waals surface area contributed by atoms with E-state index in [2.05, 4.69) is 52.3 Å². The number of anilines is 2. The Morgan fingerprint density at radius 1 is 0.868 bits per heavy atom. The predicted molar refractivity (Wildman–Crippen MR) is 155 cm³/mol. The Morgan fingerprint density at radius 3 is 2.26 bits per heavy atom. The van der Waals surface area contributed by atoms with Gasteiger partial charge in [-0.05, 0) is 80.4 Å². The first-order valence-corrected chi connectivity index (χ1v) is 14.4. The molecular weight excluding hydrogens is 634 g/mol. The number of thioether (sulfide) groups is 1. The molecule has 1 aliphatic heterocycles. The average Bonchev–Trinajstić information content (AvgIpc) is 3.41. The van der Waals surface area contributed by atoms with Crippen molar-refractivity contribution < 1.29 is 14.0 Å². The van der Waals surface area contributed by atoms with Crippen molar-refractivity contribution in [2.75, 3.05) is 42.1 Å². The normalized spacial score (nSPS) is 13.4. The van der Waals surface area contributed by atoms with Crippen molar-refractivity contribution in [2.45, 2.75) is 5.22 Å². The molecule has 5 rings (SSSR count). The van der Waals surface area contributed by atoms with Crippen molar-refractivity contribution in [2.24, 2.45) is 0 Å². The van der Waals surface area contributed by atoms with Gasteiger partial charge >= 0.3 is 0 Å². The second kappa shape index (κ2) is 12.1. The molecule has 0 atom stereocenters. The summed E-state index contributed by atoms with van der Waals surface area (Å²) in [4.78, 5) is 29.4. The number of hydrogen-bond donors (Lipinski definition) is 1. The number of carbonyl (C=O) groups is 2. The molecule has 0 radical (unpaired) electrons. The minimum Gasteiger partial charge on any atom is -0.411 e. The summed E-state index contributed by atoms with van der Waals surface area (Å²) in [5, 5.41) is 11.3. The molecule has 1 aromatic heterocycles. The second-order valence-electron chi connectivity index (χ2n) is 8.50. The lowest BCUT2D eigenvalue weighted by Crippen LogP contribution is -2.48. The predicted octanol–water partition coefficient (Wildman–Crippen LogP) is 5.95. The van der Waals surface area contributed by atoms with Crippen LogP contribution < -0.4 is 10.2 Å². The number of aromatic nitrogens is 2. The summed E-state index contributed by atoms with van der Waals surface area (Å²) in [5.74, 6) is 0.418. The number of rotatable bonds is 7. The number of amides is 2. The van der Waals surface area contributed by atoms with E-state index in [0.29, 0.717) is 35.5 Å². The zero-order valence-electron chi connectivity index (χ0n) is 20.1. The molecule has 3 aromatic carbocycles. The van der Waals surface area contributed by atoms with E-state index in [4.69, 9.17) is 4.42 Å². The van der Waals surface area contributed by atoms with E-state index in [1.807, 2.05) is 77.7 Å². The highest BCUT2D eigenvalue weighted by Crippen LogP contribution is 2.29. The molecule has 4 aromatic rings. The first kappa shape index (κ1) is 26.5. The number of carbonyl (C=O) groups excluding carboxylic acids is 2. The summed E-state index contributed by atoms with van der Waals surface area (Å²) >= 11 is 8.13. The van der Waals surface area contributed by atoms with E-state index < -0.39 is 0 Å². The van der Waals surface area contributed by atoms with E-state index in [-0.39, 0.29) is 17.6 Å². The van der Waals surface area contributed by atoms with E-state index >= 15 is 0 Å². The van der Waals surface area contributed by atoms with Crippen LogP contribution in [0.1, 0.15) is 10.4 Å². The highest BCUT2D eigenvalue weighted by molar-refractivity contribution is 9.10. The van der Waals surface area contributed by atoms with Crippen LogP contribution >= 0.6 is 43.6 Å². The zero-order valence-corrected chi connectivity index (χ0v) is 24.1. The van der Waals surface area contributed by atoms with Gasteiger partial charge in [0.05, 0.1) is 16.9 Å². The van der Waals surface area contributed by atoms with Crippen LogP contribution in [0.2, 0.25) is 0 Å². The SMILES string of the molecule is O=C(CSc1nnc(-c2ccccc2Br)o1)Nc1ccc(N2CCN(C(=O)c3ccccc3Br)CC2)cc1. The Hall–Kier alpha value is -3.15. The maximum atomic E-state index is 12.9. The summed E-state index contributed by atoms with van der Waals surface area (Å²) < 4.78 is 7.35. The highest BCUT2D eigenvalue weighted by Gasteiger charge is 2.23. The Labute approximate surface area is 241 Å². The molecule has 2 heterocycles. The van der Waals surface area contributed by atoms with Crippen molar-refractivity contribution in [3.63, 3.8) is 0 Å². The Morgan fingerprint density at radius 2 is 1.55 bits per heavy atom. The molecule has 194 valence electrons. The van der Waals surface area contributed by atoms with E-state index in [1.165, 1.54) is 11.8 Å². The van der Waals surface area contributed by atoms with Crippen LogP contribution in [0.3, 0.4) is 0 Å². The topological polar surface area (TPSA) is 91.6 Å². The number of benzene rings is 3. The van der Waals surface area contributed by atoms with Gasteiger partial charge in [0.15, 0.2) is 0 Å². The number of nitrogens with one attached hydrogen (secondary N) is 1. The van der Waals surface area contributed by atoms with Gasteiger partial charge in [-0.2, -0.15) is 0 Å². The summed E-state index contributed by atoms with van der Waals surface area (Å²) in [5.41, 5.74) is 3.24. The van der Waals surface area contributed by atoms with E-state index in [1.54, 1.807) is 0 Å². The fourth-order valence-corrected chi connectivity index (χ4v) is 5.54. The molecule has 0 unspecified atom stereocenters. The van der Waals surface area contributed by atoms with Crippen LogP contribution in [0.25, 0.3) is 11.5 Å². The van der Waals surface area contributed by atoms with Crippen LogP contribution in [0.4, 0.5) is 11.4 Å². The van der Waals surface area contributed by atoms with Gasteiger partial charge in [0.1, 0.15) is 0 Å².